The summed E-state index contributed by atoms with van der Waals surface area (Å²) in [5.41, 5.74) is 0.647. The van der Waals surface area contributed by atoms with Gasteiger partial charge >= 0.3 is 23.2 Å². The summed E-state index contributed by atoms with van der Waals surface area (Å²) in [5.74, 6) is -0.326. The highest BCUT2D eigenvalue weighted by molar-refractivity contribution is 6.83. The number of nitrogens with one attached hydrogen (secondary N) is 1. The van der Waals surface area contributed by atoms with Gasteiger partial charge in [0.2, 0.25) is 5.91 Å². The molecule has 0 aromatic heterocycles. The number of fused-ring (bicyclic) bond motifs is 1. The van der Waals surface area contributed by atoms with E-state index in [-0.39, 0.29) is 47.6 Å². The lowest BCUT2D eigenvalue weighted by atomic mass is 10.1. The molecule has 0 aliphatic carbocycles. The van der Waals surface area contributed by atoms with E-state index >= 15 is 0 Å². The van der Waals surface area contributed by atoms with Crippen LogP contribution in [0, 0.1) is 0 Å². The largest absolute Gasteiger partial charge is 0.414 e. The second-order valence-corrected chi connectivity index (χ2v) is 19.3. The topological polar surface area (TPSA) is 107 Å². The number of hydrogen-bond donors (Lipinski definition) is 2. The molecule has 3 aliphatic heterocycles. The molecule has 4 atom stereocenters. The van der Waals surface area contributed by atoms with E-state index in [0.717, 1.165) is 0 Å². The van der Waals surface area contributed by atoms with Crippen molar-refractivity contribution in [2.75, 3.05) is 13.2 Å². The minimum atomic E-state index is -2.89. The monoisotopic (exact) mass is 488 g/mol. The molecule has 0 bridgehead atoms. The second-order valence-electron chi connectivity index (χ2n) is 10.4. The number of amides is 3. The number of nitrogens with zero attached hydrogens (tertiary/aromatic N) is 1. The van der Waals surface area contributed by atoms with Gasteiger partial charge in [0.05, 0.1) is 6.61 Å². The fourth-order valence-electron chi connectivity index (χ4n) is 5.21. The van der Waals surface area contributed by atoms with Crippen molar-refractivity contribution in [1.82, 2.24) is 10.2 Å². The highest BCUT2D eigenvalue weighted by atomic mass is 28.5. The number of carbonyl (C=O) groups is 2. The van der Waals surface area contributed by atoms with Crippen molar-refractivity contribution in [3.05, 3.63) is 0 Å². The summed E-state index contributed by atoms with van der Waals surface area (Å²) in [6, 6.07) is -0.555. The Morgan fingerprint density at radius 3 is 2.03 bits per heavy atom. The molecule has 0 saturated carbocycles. The van der Waals surface area contributed by atoms with Gasteiger partial charge in [-0.15, -0.1) is 0 Å². The third-order valence-electron chi connectivity index (χ3n) is 7.04. The Morgan fingerprint density at radius 2 is 1.53 bits per heavy atom. The van der Waals surface area contributed by atoms with E-state index in [1.807, 2.05) is 0 Å². The molecule has 0 aromatic carbocycles. The van der Waals surface area contributed by atoms with Gasteiger partial charge in [-0.3, -0.25) is 15.0 Å². The Hall–Kier alpha value is -0.826. The molecular formula is C21H40N2O7Si2. The van der Waals surface area contributed by atoms with Gasteiger partial charge in [0.15, 0.2) is 6.23 Å². The van der Waals surface area contributed by atoms with Crippen LogP contribution in [0.1, 0.15) is 61.8 Å². The maximum absolute atomic E-state index is 12.4. The smallest absolute Gasteiger partial charge is 0.335 e. The van der Waals surface area contributed by atoms with Crippen molar-refractivity contribution < 1.29 is 32.4 Å². The molecule has 2 unspecified atom stereocenters. The van der Waals surface area contributed by atoms with E-state index in [2.05, 4.69) is 60.7 Å². The zero-order chi connectivity index (χ0) is 24.0. The van der Waals surface area contributed by atoms with Crippen molar-refractivity contribution in [2.24, 2.45) is 0 Å². The van der Waals surface area contributed by atoms with E-state index in [4.69, 9.17) is 17.7 Å². The first-order valence-electron chi connectivity index (χ1n) is 11.8. The van der Waals surface area contributed by atoms with Crippen molar-refractivity contribution in [3.8, 4) is 0 Å². The fraction of sp³-hybridized carbons (Fsp3) is 0.905. The summed E-state index contributed by atoms with van der Waals surface area (Å²) in [6.07, 6.45) is -3.00. The number of carbonyl (C=O) groups excluding carboxylic acids is 2. The van der Waals surface area contributed by atoms with Crippen LogP contribution in [0.15, 0.2) is 0 Å². The highest BCUT2D eigenvalue weighted by Gasteiger charge is 2.62. The zero-order valence-corrected chi connectivity index (χ0v) is 22.6. The predicted octanol–water partition coefficient (Wildman–Crippen LogP) is 2.97. The van der Waals surface area contributed by atoms with Gasteiger partial charge in [0.25, 0.3) is 0 Å². The van der Waals surface area contributed by atoms with Crippen LogP contribution in [0.5, 0.6) is 0 Å². The van der Waals surface area contributed by atoms with Crippen LogP contribution in [0.25, 0.3) is 0 Å². The highest BCUT2D eigenvalue weighted by Crippen LogP contribution is 2.47. The molecule has 2 N–H and O–H groups in total. The molecule has 9 nitrogen and oxygen atoms in total. The maximum atomic E-state index is 12.4. The fourth-order valence-corrected chi connectivity index (χ4v) is 16.4. The van der Waals surface area contributed by atoms with Crippen LogP contribution in [-0.4, -0.2) is 76.8 Å². The minimum Gasteiger partial charge on any atom is -0.414 e. The molecule has 0 aromatic rings. The Balaban J connectivity index is 1.99. The van der Waals surface area contributed by atoms with Crippen LogP contribution in [-0.2, 0) is 22.5 Å². The van der Waals surface area contributed by atoms with Gasteiger partial charge in [-0.25, -0.2) is 4.79 Å². The standard InChI is InChI=1S/C21H40N2O7Si2/c1-12(2)31(13(3)4)27-11-16-19(29-32(30-31,14(5)6)15(7)8)18(25)20(28-16)23-10-9-17(24)22-21(23)26/h12-16,18-20,25H,9-11H2,1-8H3,(H,22,24,26)/t16-,18?,19?,20-/m1/s1. The van der Waals surface area contributed by atoms with Gasteiger partial charge < -0.3 is 22.8 Å². The third kappa shape index (κ3) is 4.32. The van der Waals surface area contributed by atoms with Gasteiger partial charge in [-0.2, -0.15) is 0 Å². The maximum Gasteiger partial charge on any atom is 0.335 e. The molecule has 3 amide bonds. The van der Waals surface area contributed by atoms with Crippen LogP contribution >= 0.6 is 0 Å². The van der Waals surface area contributed by atoms with E-state index < -0.39 is 47.7 Å². The molecule has 11 heteroatoms. The van der Waals surface area contributed by atoms with Crippen molar-refractivity contribution in [1.29, 1.82) is 0 Å². The summed E-state index contributed by atoms with van der Waals surface area (Å²) in [7, 11) is -5.60. The molecule has 0 radical (unpaired) electrons. The molecule has 3 fully saturated rings. The number of aliphatic hydroxyl groups excluding tert-OH is 1. The lowest BCUT2D eigenvalue weighted by Crippen LogP contribution is -2.66. The van der Waals surface area contributed by atoms with Crippen LogP contribution in [0.3, 0.4) is 0 Å². The molecule has 3 aliphatic rings. The van der Waals surface area contributed by atoms with Crippen molar-refractivity contribution >= 4 is 29.1 Å². The summed E-state index contributed by atoms with van der Waals surface area (Å²) in [5, 5.41) is 13.6. The van der Waals surface area contributed by atoms with Crippen molar-refractivity contribution in [3.63, 3.8) is 0 Å². The molecule has 3 heterocycles. The van der Waals surface area contributed by atoms with E-state index in [1.165, 1.54) is 4.90 Å². The van der Waals surface area contributed by atoms with Gasteiger partial charge in [-0.05, 0) is 22.2 Å². The molecule has 32 heavy (non-hydrogen) atoms. The van der Waals surface area contributed by atoms with Crippen molar-refractivity contribution in [2.45, 2.75) is 109 Å². The average molecular weight is 489 g/mol. The van der Waals surface area contributed by atoms with Gasteiger partial charge in [0.1, 0.15) is 18.3 Å². The Labute approximate surface area is 193 Å². The van der Waals surface area contributed by atoms with Crippen LogP contribution < -0.4 is 5.32 Å². The van der Waals surface area contributed by atoms with Crippen LogP contribution in [0.4, 0.5) is 4.79 Å². The molecule has 184 valence electrons. The number of rotatable bonds is 5. The number of aliphatic hydroxyl groups is 1. The number of ether oxygens (including phenoxy) is 1. The Bertz CT molecular complexity index is 702. The van der Waals surface area contributed by atoms with Gasteiger partial charge in [0, 0.05) is 13.0 Å². The average Bonchev–Trinajstić information content (AvgIpc) is 2.96. The summed E-state index contributed by atoms with van der Waals surface area (Å²) in [6.45, 7) is 17.5. The Morgan fingerprint density at radius 1 is 0.969 bits per heavy atom. The van der Waals surface area contributed by atoms with Gasteiger partial charge in [-0.1, -0.05) is 55.4 Å². The quantitative estimate of drug-likeness (QED) is 0.573. The van der Waals surface area contributed by atoms with Crippen LogP contribution in [0.2, 0.25) is 22.2 Å². The summed E-state index contributed by atoms with van der Waals surface area (Å²) < 4.78 is 26.8. The third-order valence-corrected chi connectivity index (χ3v) is 17.3. The first-order valence-corrected chi connectivity index (χ1v) is 15.8. The number of imide groups is 1. The lowest BCUT2D eigenvalue weighted by molar-refractivity contribution is -0.125. The lowest BCUT2D eigenvalue weighted by Gasteiger charge is -2.51. The molecular weight excluding hydrogens is 448 g/mol. The molecule has 3 saturated heterocycles. The Kier molecular flexibility index (Phi) is 7.60. The number of urea groups is 1. The number of hydrogen-bond acceptors (Lipinski definition) is 7. The second kappa shape index (κ2) is 9.43. The molecule has 0 spiro atoms. The van der Waals surface area contributed by atoms with E-state index in [9.17, 15) is 14.7 Å². The summed E-state index contributed by atoms with van der Waals surface area (Å²) in [4.78, 5) is 25.4. The predicted molar refractivity (Wildman–Crippen MR) is 123 cm³/mol. The first kappa shape index (κ1) is 25.8. The first-order chi connectivity index (χ1) is 14.9. The van der Waals surface area contributed by atoms with E-state index in [1.54, 1.807) is 0 Å². The normalized spacial score (nSPS) is 33.0. The SMILES string of the molecule is CC(C)[Si]1(C(C)C)OC[C@H]2O[C@@H](N3CCC(=O)NC3=O)C(O)C2O[Si](C(C)C)(C(C)C)O1. The minimum absolute atomic E-state index is 0.122. The zero-order valence-electron chi connectivity index (χ0n) is 20.6. The van der Waals surface area contributed by atoms with E-state index in [0.29, 0.717) is 0 Å². The summed E-state index contributed by atoms with van der Waals surface area (Å²) >= 11 is 0. The molecule has 3 rings (SSSR count).